The summed E-state index contributed by atoms with van der Waals surface area (Å²) in [7, 11) is 3.15. The quantitative estimate of drug-likeness (QED) is 0.780. The Balaban J connectivity index is 2.22. The summed E-state index contributed by atoms with van der Waals surface area (Å²) in [6, 6.07) is 12.5. The zero-order valence-corrected chi connectivity index (χ0v) is 13.6. The minimum absolute atomic E-state index is 0.142. The summed E-state index contributed by atoms with van der Waals surface area (Å²) in [5.74, 6) is 0.898. The lowest BCUT2D eigenvalue weighted by Crippen LogP contribution is -1.92. The molecule has 0 aliphatic heterocycles. The van der Waals surface area contributed by atoms with E-state index in [4.69, 9.17) is 14.7 Å². The van der Waals surface area contributed by atoms with Crippen molar-refractivity contribution in [1.82, 2.24) is 0 Å². The van der Waals surface area contributed by atoms with Gasteiger partial charge in [0.05, 0.1) is 38.0 Å². The van der Waals surface area contributed by atoms with Gasteiger partial charge in [-0.3, -0.25) is 0 Å². The number of aryl methyl sites for hydroxylation is 1. The minimum atomic E-state index is -0.439. The largest absolute Gasteiger partial charge is 0.497 e. The van der Waals surface area contributed by atoms with Crippen molar-refractivity contribution in [3.05, 3.63) is 52.8 Å². The summed E-state index contributed by atoms with van der Waals surface area (Å²) >= 11 is 0. The van der Waals surface area contributed by atoms with Crippen molar-refractivity contribution in [2.24, 2.45) is 9.98 Å². The predicted octanol–water partition coefficient (Wildman–Crippen LogP) is 4.03. The highest BCUT2D eigenvalue weighted by Gasteiger charge is 2.06. The molecule has 0 saturated heterocycles. The number of nitriles is 1. The van der Waals surface area contributed by atoms with Crippen molar-refractivity contribution in [2.45, 2.75) is 13.5 Å². The van der Waals surface area contributed by atoms with Gasteiger partial charge in [0.25, 0.3) is 0 Å². The average molecular weight is 325 g/mol. The fraction of sp³-hybridized carbons (Fsp3) is 0.222. The topological polar surface area (TPSA) is 67.0 Å². The van der Waals surface area contributed by atoms with Gasteiger partial charge in [-0.25, -0.2) is 9.38 Å². The molecule has 0 aliphatic carbocycles. The minimum Gasteiger partial charge on any atom is -0.497 e. The zero-order valence-electron chi connectivity index (χ0n) is 13.6. The Hall–Kier alpha value is -3.16. The number of rotatable bonds is 5. The third kappa shape index (κ3) is 3.97. The Labute approximate surface area is 139 Å². The number of methoxy groups -OCH3 is 2. The van der Waals surface area contributed by atoms with Crippen LogP contribution in [-0.4, -0.2) is 20.2 Å². The van der Waals surface area contributed by atoms with Crippen LogP contribution >= 0.6 is 0 Å². The summed E-state index contributed by atoms with van der Waals surface area (Å²) in [6.45, 7) is 1.91. The van der Waals surface area contributed by atoms with Crippen molar-refractivity contribution < 1.29 is 13.9 Å². The number of hydrogen-bond donors (Lipinski definition) is 0. The summed E-state index contributed by atoms with van der Waals surface area (Å²) in [5.41, 5.74) is 1.73. The predicted molar refractivity (Wildman–Crippen MR) is 88.6 cm³/mol. The maximum atomic E-state index is 13.4. The van der Waals surface area contributed by atoms with E-state index in [2.05, 4.69) is 16.0 Å². The van der Waals surface area contributed by atoms with E-state index in [0.29, 0.717) is 29.3 Å². The zero-order chi connectivity index (χ0) is 17.5. The van der Waals surface area contributed by atoms with Crippen LogP contribution in [-0.2, 0) is 6.54 Å². The second-order valence-corrected chi connectivity index (χ2v) is 4.94. The molecule has 0 heterocycles. The molecule has 0 N–H and O–H groups in total. The molecule has 0 unspecified atom stereocenters. The van der Waals surface area contributed by atoms with Crippen LogP contribution in [0.5, 0.6) is 11.5 Å². The van der Waals surface area contributed by atoms with Crippen molar-refractivity contribution in [2.75, 3.05) is 14.2 Å². The van der Waals surface area contributed by atoms with E-state index in [1.54, 1.807) is 27.2 Å². The van der Waals surface area contributed by atoms with Gasteiger partial charge in [-0.05, 0) is 36.8 Å². The Morgan fingerprint density at radius 2 is 1.96 bits per heavy atom. The average Bonchev–Trinajstić information content (AvgIpc) is 2.61. The van der Waals surface area contributed by atoms with Crippen LogP contribution in [0.1, 0.15) is 16.7 Å². The normalized spacial score (nSPS) is 9.62. The van der Waals surface area contributed by atoms with Gasteiger partial charge in [0.15, 0.2) is 0 Å². The van der Waals surface area contributed by atoms with Gasteiger partial charge in [0.1, 0.15) is 23.4 Å². The van der Waals surface area contributed by atoms with Gasteiger partial charge in [-0.15, -0.1) is 0 Å². The second kappa shape index (κ2) is 7.91. The lowest BCUT2D eigenvalue weighted by Gasteiger charge is -2.07. The molecule has 6 heteroatoms. The molecule has 0 radical (unpaired) electrons. The fourth-order valence-corrected chi connectivity index (χ4v) is 2.04. The molecular weight excluding hydrogens is 309 g/mol. The molecular formula is C18H16FN3O2. The summed E-state index contributed by atoms with van der Waals surface area (Å²) in [5, 5.41) is 9.02. The van der Waals surface area contributed by atoms with Crippen molar-refractivity contribution in [3.63, 3.8) is 0 Å². The molecule has 0 spiro atoms. The number of nitrogens with zero attached hydrogens (tertiary/aromatic N) is 3. The molecule has 0 aliphatic rings. The first kappa shape index (κ1) is 17.2. The van der Waals surface area contributed by atoms with E-state index >= 15 is 0 Å². The molecule has 5 nitrogen and oxygen atoms in total. The van der Waals surface area contributed by atoms with Crippen LogP contribution in [0.2, 0.25) is 0 Å². The van der Waals surface area contributed by atoms with Crippen LogP contribution < -0.4 is 9.47 Å². The van der Waals surface area contributed by atoms with Crippen LogP contribution in [0.3, 0.4) is 0 Å². The highest BCUT2D eigenvalue weighted by Crippen LogP contribution is 2.25. The van der Waals surface area contributed by atoms with Crippen molar-refractivity contribution in [3.8, 4) is 17.6 Å². The van der Waals surface area contributed by atoms with E-state index < -0.39 is 5.82 Å². The first-order chi connectivity index (χ1) is 11.6. The molecule has 0 fully saturated rings. The number of ether oxygens (including phenoxy) is 2. The number of hydrogen-bond acceptors (Lipinski definition) is 5. The molecule has 0 atom stereocenters. The second-order valence-electron chi connectivity index (χ2n) is 4.94. The fourth-order valence-electron chi connectivity index (χ4n) is 2.04. The van der Waals surface area contributed by atoms with Gasteiger partial charge < -0.3 is 9.47 Å². The number of halogens is 1. The SMILES string of the molecule is COc1ccc(CN=C=Nc2cc(C)c(F)cc2C#N)c(OC)c1. The van der Waals surface area contributed by atoms with Gasteiger partial charge in [-0.1, -0.05) is 0 Å². The molecule has 0 amide bonds. The van der Waals surface area contributed by atoms with E-state index in [9.17, 15) is 4.39 Å². The Morgan fingerprint density at radius 1 is 1.17 bits per heavy atom. The van der Waals surface area contributed by atoms with Crippen molar-refractivity contribution >= 4 is 11.7 Å². The first-order valence-corrected chi connectivity index (χ1v) is 7.12. The molecule has 2 rings (SSSR count). The monoisotopic (exact) mass is 325 g/mol. The van der Waals surface area contributed by atoms with Crippen LogP contribution in [0, 0.1) is 24.1 Å². The summed E-state index contributed by atoms with van der Waals surface area (Å²) < 4.78 is 23.9. The van der Waals surface area contributed by atoms with Crippen LogP contribution in [0.4, 0.5) is 10.1 Å². The Morgan fingerprint density at radius 3 is 2.62 bits per heavy atom. The molecule has 24 heavy (non-hydrogen) atoms. The highest BCUT2D eigenvalue weighted by molar-refractivity contribution is 5.61. The van der Waals surface area contributed by atoms with Crippen LogP contribution in [0.25, 0.3) is 0 Å². The molecule has 2 aromatic carbocycles. The van der Waals surface area contributed by atoms with Gasteiger partial charge in [0, 0.05) is 11.6 Å². The first-order valence-electron chi connectivity index (χ1n) is 7.12. The third-order valence-corrected chi connectivity index (χ3v) is 3.38. The molecule has 0 saturated carbocycles. The van der Waals surface area contributed by atoms with Crippen molar-refractivity contribution in [1.29, 1.82) is 5.26 Å². The standard InChI is InChI=1S/C18H16FN3O2/c1-12-6-17(14(9-20)7-16(12)19)22-11-21-10-13-4-5-15(23-2)8-18(13)24-3/h4-8H,10H2,1-3H3. The Bertz CT molecular complexity index is 850. The van der Waals surface area contributed by atoms with E-state index in [0.717, 1.165) is 11.6 Å². The van der Waals surface area contributed by atoms with Gasteiger partial charge in [-0.2, -0.15) is 10.3 Å². The molecule has 2 aromatic rings. The van der Waals surface area contributed by atoms with Gasteiger partial charge >= 0.3 is 0 Å². The lowest BCUT2D eigenvalue weighted by atomic mass is 10.1. The molecule has 122 valence electrons. The summed E-state index contributed by atoms with van der Waals surface area (Å²) in [6.07, 6.45) is 0. The maximum absolute atomic E-state index is 13.4. The molecule has 0 bridgehead atoms. The van der Waals surface area contributed by atoms with E-state index in [-0.39, 0.29) is 5.56 Å². The lowest BCUT2D eigenvalue weighted by molar-refractivity contribution is 0.391. The smallest absolute Gasteiger partial charge is 0.127 e. The van der Waals surface area contributed by atoms with Crippen LogP contribution in [0.15, 0.2) is 40.3 Å². The number of aliphatic imine (C=N–C) groups is 2. The third-order valence-electron chi connectivity index (χ3n) is 3.38. The van der Waals surface area contributed by atoms with E-state index in [1.165, 1.54) is 6.07 Å². The maximum Gasteiger partial charge on any atom is 0.127 e. The molecule has 0 aromatic heterocycles. The number of benzene rings is 2. The Kier molecular flexibility index (Phi) is 5.67. The van der Waals surface area contributed by atoms with E-state index in [1.807, 2.05) is 18.2 Å². The summed E-state index contributed by atoms with van der Waals surface area (Å²) in [4.78, 5) is 8.10. The highest BCUT2D eigenvalue weighted by atomic mass is 19.1. The van der Waals surface area contributed by atoms with Gasteiger partial charge in [0.2, 0.25) is 0 Å².